The van der Waals surface area contributed by atoms with E-state index >= 15 is 0 Å². The molecule has 0 bridgehead atoms. The number of hydrogen-bond donors (Lipinski definition) is 2. The highest BCUT2D eigenvalue weighted by molar-refractivity contribution is 6.30. The largest absolute Gasteiger partial charge is 0.385 e. The maximum absolute atomic E-state index is 9.95. The van der Waals surface area contributed by atoms with Gasteiger partial charge in [0.1, 0.15) is 0 Å². The van der Waals surface area contributed by atoms with Gasteiger partial charge in [-0.2, -0.15) is 0 Å². The molecular formula is C10H14ClNO. The lowest BCUT2D eigenvalue weighted by molar-refractivity contribution is 0.0504. The second-order valence-corrected chi connectivity index (χ2v) is 3.76. The van der Waals surface area contributed by atoms with Crippen LogP contribution in [-0.4, -0.2) is 11.7 Å². The third-order valence-electron chi connectivity index (χ3n) is 2.10. The van der Waals surface area contributed by atoms with Crippen LogP contribution in [0.3, 0.4) is 0 Å². The third kappa shape index (κ3) is 2.69. The topological polar surface area (TPSA) is 46.2 Å². The van der Waals surface area contributed by atoms with E-state index in [0.29, 0.717) is 18.0 Å². The van der Waals surface area contributed by atoms with Gasteiger partial charge in [0.2, 0.25) is 0 Å². The van der Waals surface area contributed by atoms with Crippen LogP contribution in [0.2, 0.25) is 5.02 Å². The first-order valence-corrected chi connectivity index (χ1v) is 4.62. The normalized spacial score (nSPS) is 15.4. The molecule has 2 nitrogen and oxygen atoms in total. The van der Waals surface area contributed by atoms with E-state index in [0.717, 1.165) is 5.56 Å². The van der Waals surface area contributed by atoms with Crippen molar-refractivity contribution in [3.05, 3.63) is 34.9 Å². The standard InChI is InChI=1S/C10H14ClNO/c1-10(13,6-7-12)8-2-4-9(11)5-3-8/h2-5,13H,6-7,12H2,1H3. The van der Waals surface area contributed by atoms with Crippen LogP contribution >= 0.6 is 11.6 Å². The van der Waals surface area contributed by atoms with Crippen LogP contribution in [-0.2, 0) is 5.60 Å². The molecule has 1 aromatic rings. The molecular weight excluding hydrogens is 186 g/mol. The van der Waals surface area contributed by atoms with E-state index in [1.54, 1.807) is 19.1 Å². The van der Waals surface area contributed by atoms with Crippen molar-refractivity contribution in [3.63, 3.8) is 0 Å². The molecule has 3 heteroatoms. The summed E-state index contributed by atoms with van der Waals surface area (Å²) in [6.45, 7) is 2.22. The van der Waals surface area contributed by atoms with Crippen molar-refractivity contribution >= 4 is 11.6 Å². The van der Waals surface area contributed by atoms with Crippen LogP contribution in [0.4, 0.5) is 0 Å². The Morgan fingerprint density at radius 3 is 2.38 bits per heavy atom. The average molecular weight is 200 g/mol. The Labute approximate surface area is 83.3 Å². The Hall–Kier alpha value is -0.570. The van der Waals surface area contributed by atoms with Crippen LogP contribution in [0.5, 0.6) is 0 Å². The van der Waals surface area contributed by atoms with Crippen LogP contribution < -0.4 is 5.73 Å². The zero-order valence-electron chi connectivity index (χ0n) is 7.63. The molecule has 0 fully saturated rings. The summed E-state index contributed by atoms with van der Waals surface area (Å²) in [6, 6.07) is 7.17. The predicted octanol–water partition coefficient (Wildman–Crippen LogP) is 1.90. The van der Waals surface area contributed by atoms with Gasteiger partial charge >= 0.3 is 0 Å². The minimum atomic E-state index is -0.848. The van der Waals surface area contributed by atoms with Gasteiger partial charge in [0, 0.05) is 5.02 Å². The van der Waals surface area contributed by atoms with Crippen LogP contribution in [0, 0.1) is 0 Å². The summed E-state index contributed by atoms with van der Waals surface area (Å²) >= 11 is 5.73. The van der Waals surface area contributed by atoms with Crippen molar-refractivity contribution in [3.8, 4) is 0 Å². The molecule has 0 saturated heterocycles. The molecule has 72 valence electrons. The maximum atomic E-state index is 9.95. The van der Waals surface area contributed by atoms with Gasteiger partial charge in [-0.05, 0) is 37.6 Å². The van der Waals surface area contributed by atoms with Gasteiger partial charge in [0.05, 0.1) is 5.60 Å². The molecule has 1 atom stereocenters. The summed E-state index contributed by atoms with van der Waals surface area (Å²) in [5.74, 6) is 0. The van der Waals surface area contributed by atoms with E-state index in [2.05, 4.69) is 0 Å². The summed E-state index contributed by atoms with van der Waals surface area (Å²) in [5.41, 5.74) is 5.40. The Morgan fingerprint density at radius 1 is 1.38 bits per heavy atom. The van der Waals surface area contributed by atoms with Crippen molar-refractivity contribution in [2.75, 3.05) is 6.54 Å². The molecule has 13 heavy (non-hydrogen) atoms. The van der Waals surface area contributed by atoms with E-state index in [1.165, 1.54) is 0 Å². The van der Waals surface area contributed by atoms with E-state index in [-0.39, 0.29) is 0 Å². The molecule has 0 heterocycles. The van der Waals surface area contributed by atoms with Crippen molar-refractivity contribution in [2.45, 2.75) is 18.9 Å². The predicted molar refractivity (Wildman–Crippen MR) is 54.7 cm³/mol. The van der Waals surface area contributed by atoms with E-state index < -0.39 is 5.60 Å². The van der Waals surface area contributed by atoms with Crippen molar-refractivity contribution in [1.29, 1.82) is 0 Å². The first kappa shape index (κ1) is 10.5. The van der Waals surface area contributed by atoms with Gasteiger partial charge in [-0.3, -0.25) is 0 Å². The number of hydrogen-bond acceptors (Lipinski definition) is 2. The molecule has 3 N–H and O–H groups in total. The van der Waals surface area contributed by atoms with E-state index in [9.17, 15) is 5.11 Å². The number of aliphatic hydroxyl groups is 1. The fourth-order valence-electron chi connectivity index (χ4n) is 1.23. The van der Waals surface area contributed by atoms with Gasteiger partial charge in [-0.1, -0.05) is 23.7 Å². The average Bonchev–Trinajstić information content (AvgIpc) is 2.05. The van der Waals surface area contributed by atoms with Gasteiger partial charge < -0.3 is 10.8 Å². The molecule has 0 aliphatic carbocycles. The zero-order valence-corrected chi connectivity index (χ0v) is 8.38. The molecule has 0 aliphatic rings. The quantitative estimate of drug-likeness (QED) is 0.781. The highest BCUT2D eigenvalue weighted by Gasteiger charge is 2.21. The monoisotopic (exact) mass is 199 g/mol. The lowest BCUT2D eigenvalue weighted by Crippen LogP contribution is -2.24. The number of benzene rings is 1. The van der Waals surface area contributed by atoms with Crippen molar-refractivity contribution in [1.82, 2.24) is 0 Å². The Morgan fingerprint density at radius 2 is 1.92 bits per heavy atom. The highest BCUT2D eigenvalue weighted by Crippen LogP contribution is 2.24. The lowest BCUT2D eigenvalue weighted by atomic mass is 9.93. The number of rotatable bonds is 3. The zero-order chi connectivity index (χ0) is 9.90. The molecule has 0 amide bonds. The second kappa shape index (κ2) is 4.09. The molecule has 0 radical (unpaired) electrons. The highest BCUT2D eigenvalue weighted by atomic mass is 35.5. The van der Waals surface area contributed by atoms with E-state index in [1.807, 2.05) is 12.1 Å². The van der Waals surface area contributed by atoms with Gasteiger partial charge in [-0.25, -0.2) is 0 Å². The van der Waals surface area contributed by atoms with Crippen molar-refractivity contribution < 1.29 is 5.11 Å². The maximum Gasteiger partial charge on any atom is 0.0880 e. The SMILES string of the molecule is CC(O)(CCN)c1ccc(Cl)cc1. The summed E-state index contributed by atoms with van der Waals surface area (Å²) in [4.78, 5) is 0. The van der Waals surface area contributed by atoms with E-state index in [4.69, 9.17) is 17.3 Å². The van der Waals surface area contributed by atoms with Crippen LogP contribution in [0.25, 0.3) is 0 Å². The van der Waals surface area contributed by atoms with Crippen molar-refractivity contribution in [2.24, 2.45) is 5.73 Å². The first-order chi connectivity index (χ1) is 6.06. The Bertz CT molecular complexity index is 269. The Kier molecular flexibility index (Phi) is 3.31. The molecule has 0 aliphatic heterocycles. The van der Waals surface area contributed by atoms with Gasteiger partial charge in [0.25, 0.3) is 0 Å². The summed E-state index contributed by atoms with van der Waals surface area (Å²) in [6.07, 6.45) is 0.550. The molecule has 0 aromatic heterocycles. The Balaban J connectivity index is 2.87. The fraction of sp³-hybridized carbons (Fsp3) is 0.400. The smallest absolute Gasteiger partial charge is 0.0880 e. The molecule has 0 spiro atoms. The molecule has 1 rings (SSSR count). The number of nitrogens with two attached hydrogens (primary N) is 1. The van der Waals surface area contributed by atoms with Gasteiger partial charge in [0.15, 0.2) is 0 Å². The molecule has 1 unspecified atom stereocenters. The minimum absolute atomic E-state index is 0.468. The summed E-state index contributed by atoms with van der Waals surface area (Å²) < 4.78 is 0. The first-order valence-electron chi connectivity index (χ1n) is 4.25. The third-order valence-corrected chi connectivity index (χ3v) is 2.35. The fourth-order valence-corrected chi connectivity index (χ4v) is 1.36. The van der Waals surface area contributed by atoms with Crippen LogP contribution in [0.15, 0.2) is 24.3 Å². The van der Waals surface area contributed by atoms with Gasteiger partial charge in [-0.15, -0.1) is 0 Å². The second-order valence-electron chi connectivity index (χ2n) is 3.32. The molecule has 0 saturated carbocycles. The molecule has 1 aromatic carbocycles. The number of halogens is 1. The summed E-state index contributed by atoms with van der Waals surface area (Å²) in [7, 11) is 0. The summed E-state index contributed by atoms with van der Waals surface area (Å²) in [5, 5.41) is 10.6. The minimum Gasteiger partial charge on any atom is -0.385 e. The lowest BCUT2D eigenvalue weighted by Gasteiger charge is -2.22. The van der Waals surface area contributed by atoms with Crippen LogP contribution in [0.1, 0.15) is 18.9 Å².